The first-order valence-electron chi connectivity index (χ1n) is 7.02. The molecule has 3 aromatic rings. The van der Waals surface area contributed by atoms with E-state index in [1.165, 1.54) is 24.5 Å². The van der Waals surface area contributed by atoms with E-state index in [0.29, 0.717) is 27.1 Å². The Bertz CT molecular complexity index is 959. The molecule has 3 rings (SSSR count). The van der Waals surface area contributed by atoms with Gasteiger partial charge in [-0.05, 0) is 52.3 Å². The van der Waals surface area contributed by atoms with Crippen LogP contribution in [-0.2, 0) is 0 Å². The lowest BCUT2D eigenvalue weighted by Crippen LogP contribution is -2.17. The number of hydrogen-bond donors (Lipinski definition) is 1. The molecular formula is C17H10BrClFN3O2. The third-order valence-corrected chi connectivity index (χ3v) is 3.88. The smallest absolute Gasteiger partial charge is 0.272 e. The van der Waals surface area contributed by atoms with Crippen molar-refractivity contribution in [2.75, 3.05) is 0 Å². The Morgan fingerprint density at radius 1 is 1.28 bits per heavy atom. The summed E-state index contributed by atoms with van der Waals surface area (Å²) in [5.74, 6) is 0.0274. The zero-order valence-corrected chi connectivity index (χ0v) is 14.9. The fourth-order valence-corrected chi connectivity index (χ4v) is 2.53. The lowest BCUT2D eigenvalue weighted by molar-refractivity contribution is 0.0954. The van der Waals surface area contributed by atoms with Gasteiger partial charge in [0.1, 0.15) is 17.3 Å². The fourth-order valence-electron chi connectivity index (χ4n) is 1.98. The van der Waals surface area contributed by atoms with Gasteiger partial charge in [0, 0.05) is 22.4 Å². The summed E-state index contributed by atoms with van der Waals surface area (Å²) < 4.78 is 19.5. The van der Waals surface area contributed by atoms with Crippen LogP contribution in [0.1, 0.15) is 16.1 Å². The second-order valence-electron chi connectivity index (χ2n) is 4.92. The van der Waals surface area contributed by atoms with E-state index in [1.54, 1.807) is 30.5 Å². The van der Waals surface area contributed by atoms with Gasteiger partial charge < -0.3 is 4.42 Å². The number of benzene rings is 1. The Hall–Kier alpha value is -2.51. The number of amides is 1. The highest BCUT2D eigenvalue weighted by Gasteiger charge is 2.08. The maximum Gasteiger partial charge on any atom is 0.272 e. The first kappa shape index (κ1) is 17.3. The highest BCUT2D eigenvalue weighted by molar-refractivity contribution is 9.10. The second kappa shape index (κ2) is 7.58. The Kier molecular flexibility index (Phi) is 5.25. The topological polar surface area (TPSA) is 67.5 Å². The number of carbonyl (C=O) groups excluding carboxylic acids is 1. The molecule has 0 aliphatic heterocycles. The minimum atomic E-state index is -0.497. The zero-order valence-electron chi connectivity index (χ0n) is 12.5. The summed E-state index contributed by atoms with van der Waals surface area (Å²) in [6, 6.07) is 9.29. The van der Waals surface area contributed by atoms with E-state index in [0.717, 1.165) is 0 Å². The van der Waals surface area contributed by atoms with Crippen LogP contribution in [0.15, 0.2) is 62.8 Å². The van der Waals surface area contributed by atoms with E-state index < -0.39 is 11.7 Å². The molecule has 8 heteroatoms. The lowest BCUT2D eigenvalue weighted by Gasteiger charge is -1.99. The van der Waals surface area contributed by atoms with Crippen molar-refractivity contribution in [2.45, 2.75) is 0 Å². The molecule has 25 heavy (non-hydrogen) atoms. The van der Waals surface area contributed by atoms with Gasteiger partial charge in [0.15, 0.2) is 0 Å². The van der Waals surface area contributed by atoms with Gasteiger partial charge in [-0.3, -0.25) is 9.78 Å². The molecule has 1 amide bonds. The van der Waals surface area contributed by atoms with Crippen molar-refractivity contribution in [3.63, 3.8) is 0 Å². The number of pyridine rings is 1. The van der Waals surface area contributed by atoms with Crippen LogP contribution in [0.5, 0.6) is 0 Å². The number of aromatic nitrogens is 1. The highest BCUT2D eigenvalue weighted by atomic mass is 79.9. The molecule has 0 fully saturated rings. The predicted molar refractivity (Wildman–Crippen MR) is 96.1 cm³/mol. The van der Waals surface area contributed by atoms with Crippen LogP contribution in [-0.4, -0.2) is 17.1 Å². The summed E-state index contributed by atoms with van der Waals surface area (Å²) >= 11 is 9.00. The van der Waals surface area contributed by atoms with E-state index in [2.05, 4.69) is 31.4 Å². The number of furan rings is 1. The van der Waals surface area contributed by atoms with Crippen molar-refractivity contribution in [3.8, 4) is 11.3 Å². The van der Waals surface area contributed by atoms with Crippen molar-refractivity contribution in [2.24, 2.45) is 5.10 Å². The summed E-state index contributed by atoms with van der Waals surface area (Å²) in [5.41, 5.74) is 3.38. The molecule has 2 heterocycles. The zero-order chi connectivity index (χ0) is 17.8. The number of halogens is 3. The summed E-state index contributed by atoms with van der Waals surface area (Å²) in [4.78, 5) is 15.8. The van der Waals surface area contributed by atoms with Gasteiger partial charge in [-0.2, -0.15) is 5.10 Å². The molecule has 0 saturated carbocycles. The molecule has 0 unspecified atom stereocenters. The first-order valence-corrected chi connectivity index (χ1v) is 8.19. The van der Waals surface area contributed by atoms with E-state index in [-0.39, 0.29) is 5.02 Å². The number of nitrogens with one attached hydrogen (secondary N) is 1. The standard InChI is InChI=1S/C17H10BrClFN3O2/c18-12-5-11(7-21-8-12)17(24)23-22-9-13-2-4-16(25-13)10-1-3-15(20)14(19)6-10/h1-9H,(H,23,24)/b22-9+. The highest BCUT2D eigenvalue weighted by Crippen LogP contribution is 2.26. The van der Waals surface area contributed by atoms with Gasteiger partial charge in [0.05, 0.1) is 16.8 Å². The van der Waals surface area contributed by atoms with Crippen LogP contribution in [0.2, 0.25) is 5.02 Å². The minimum Gasteiger partial charge on any atom is -0.455 e. The quantitative estimate of drug-likeness (QED) is 0.491. The van der Waals surface area contributed by atoms with Crippen molar-refractivity contribution < 1.29 is 13.6 Å². The molecule has 0 atom stereocenters. The normalized spacial score (nSPS) is 11.0. The van der Waals surface area contributed by atoms with Gasteiger partial charge in [-0.15, -0.1) is 0 Å². The Labute approximate surface area is 155 Å². The molecule has 5 nitrogen and oxygen atoms in total. The van der Waals surface area contributed by atoms with Gasteiger partial charge >= 0.3 is 0 Å². The number of hydrogen-bond acceptors (Lipinski definition) is 4. The molecule has 2 aromatic heterocycles. The molecule has 126 valence electrons. The van der Waals surface area contributed by atoms with Crippen LogP contribution in [0.4, 0.5) is 4.39 Å². The third-order valence-electron chi connectivity index (χ3n) is 3.16. The maximum absolute atomic E-state index is 13.2. The van der Waals surface area contributed by atoms with E-state index in [9.17, 15) is 9.18 Å². The van der Waals surface area contributed by atoms with Gasteiger partial charge in [0.2, 0.25) is 0 Å². The van der Waals surface area contributed by atoms with Crippen molar-refractivity contribution in [1.82, 2.24) is 10.4 Å². The summed E-state index contributed by atoms with van der Waals surface area (Å²) in [6.07, 6.45) is 4.36. The van der Waals surface area contributed by atoms with Gasteiger partial charge in [-0.1, -0.05) is 11.6 Å². The number of carbonyl (C=O) groups is 1. The monoisotopic (exact) mass is 421 g/mol. The molecule has 0 radical (unpaired) electrons. The SMILES string of the molecule is O=C(N/N=C/c1ccc(-c2ccc(F)c(Cl)c2)o1)c1cncc(Br)c1. The van der Waals surface area contributed by atoms with Crippen molar-refractivity contribution in [3.05, 3.63) is 75.4 Å². The maximum atomic E-state index is 13.2. The average molecular weight is 423 g/mol. The largest absolute Gasteiger partial charge is 0.455 e. The Balaban J connectivity index is 1.67. The lowest BCUT2D eigenvalue weighted by atomic mass is 10.2. The summed E-state index contributed by atoms with van der Waals surface area (Å²) in [7, 11) is 0. The van der Waals surface area contributed by atoms with Crippen molar-refractivity contribution in [1.29, 1.82) is 0 Å². The third kappa shape index (κ3) is 4.32. The van der Waals surface area contributed by atoms with E-state index in [4.69, 9.17) is 16.0 Å². The van der Waals surface area contributed by atoms with Gasteiger partial charge in [0.25, 0.3) is 5.91 Å². The van der Waals surface area contributed by atoms with Gasteiger partial charge in [-0.25, -0.2) is 9.82 Å². The molecular weight excluding hydrogens is 413 g/mol. The minimum absolute atomic E-state index is 0.0130. The van der Waals surface area contributed by atoms with E-state index in [1.807, 2.05) is 0 Å². The van der Waals surface area contributed by atoms with Crippen LogP contribution in [0.25, 0.3) is 11.3 Å². The molecule has 1 N–H and O–H groups in total. The molecule has 0 saturated heterocycles. The van der Waals surface area contributed by atoms with Crippen LogP contribution >= 0.6 is 27.5 Å². The number of rotatable bonds is 4. The number of nitrogens with zero attached hydrogens (tertiary/aromatic N) is 2. The summed E-state index contributed by atoms with van der Waals surface area (Å²) in [5, 5.41) is 3.85. The van der Waals surface area contributed by atoms with Crippen molar-refractivity contribution >= 4 is 39.7 Å². The molecule has 0 spiro atoms. The molecule has 0 bridgehead atoms. The Morgan fingerprint density at radius 3 is 2.88 bits per heavy atom. The molecule has 0 aliphatic rings. The fraction of sp³-hybridized carbons (Fsp3) is 0. The van der Waals surface area contributed by atoms with Crippen LogP contribution < -0.4 is 5.43 Å². The second-order valence-corrected chi connectivity index (χ2v) is 6.24. The Morgan fingerprint density at radius 2 is 2.12 bits per heavy atom. The average Bonchev–Trinajstić information content (AvgIpc) is 3.06. The molecule has 1 aromatic carbocycles. The van der Waals surface area contributed by atoms with Crippen LogP contribution in [0.3, 0.4) is 0 Å². The van der Waals surface area contributed by atoms with E-state index >= 15 is 0 Å². The van der Waals surface area contributed by atoms with Crippen LogP contribution in [0, 0.1) is 5.82 Å². The molecule has 0 aliphatic carbocycles. The summed E-state index contributed by atoms with van der Waals surface area (Å²) in [6.45, 7) is 0. The predicted octanol–water partition coefficient (Wildman–Crippen LogP) is 4.66. The first-order chi connectivity index (χ1) is 12.0. The number of hydrazone groups is 1.